The molecule has 8 fully saturated rings. The number of ether oxygens (including phenoxy) is 9. The maximum atomic E-state index is 14.1. The number of aliphatic hydroxyl groups is 3. The normalized spacial score (nSPS) is 54.3. The summed E-state index contributed by atoms with van der Waals surface area (Å²) in [5.74, 6) is -5.28. The van der Waals surface area contributed by atoms with E-state index >= 15 is 0 Å². The van der Waals surface area contributed by atoms with Gasteiger partial charge in [0, 0.05) is 38.5 Å². The standard InChI is InChI=1S/C47H70O14/c1-26-10-11-32-34(22-37(54-32)47(52)39(49)28(3)14-20-53-47)55-41(51)29(4)31-9-8-15-45(56-31)17-12-33(57-45)40(50)44(7)24-30(48)38(60-44)35-25-43(6)18-19-46(58-35,61-43)36-13-16-42(5,59-36)23-27(2)21-26/h10-11,21,27-29,31-40,49-50,52H,8-9,12-20,22-25H2,1-7H3/t27-,28+,29+,31-,32+,33-,34+,35+,36+,37-,38-,39+,40+,42+,43-,44+,45-,46-,47+/m1/s1. The van der Waals surface area contributed by atoms with E-state index in [9.17, 15) is 24.9 Å². The predicted molar refractivity (Wildman–Crippen MR) is 218 cm³/mol. The summed E-state index contributed by atoms with van der Waals surface area (Å²) in [6.07, 6.45) is 6.36. The SMILES string of the molecule is CC1=C[C@@H](C)C[C@]2(C)CC[C@H](O2)[C@]23CC[C@](C)(C[C@H](O2)[C@@H]2O[C@@](C)(CC2=O)[C@@H](O)[C@H]2CC[C@@]4(CCC[C@@H](O4)[C@H](C)C(=O)O[C@H]4C[C@H]([C@]5(O)OCC[C@H](C)[C@@H]5O)O[C@H]4C=C1)O2)O3. The number of hydrogen-bond donors (Lipinski definition) is 3. The molecule has 0 aliphatic carbocycles. The van der Waals surface area contributed by atoms with E-state index in [1.165, 1.54) is 0 Å². The molecular weight excluding hydrogens is 789 g/mol. The number of rotatable bonds is 1. The zero-order valence-electron chi connectivity index (χ0n) is 37.2. The molecule has 0 aromatic rings. The molecule has 3 N–H and O–H groups in total. The minimum absolute atomic E-state index is 0.0222. The van der Waals surface area contributed by atoms with Crippen LogP contribution in [0.2, 0.25) is 0 Å². The van der Waals surface area contributed by atoms with E-state index in [1.807, 2.05) is 26.0 Å². The number of carbonyl (C=O) groups excluding carboxylic acids is 2. The minimum atomic E-state index is -1.95. The number of esters is 1. The van der Waals surface area contributed by atoms with Crippen LogP contribution < -0.4 is 0 Å². The van der Waals surface area contributed by atoms with Crippen molar-refractivity contribution in [3.63, 3.8) is 0 Å². The first kappa shape index (κ1) is 44.4. The van der Waals surface area contributed by atoms with Gasteiger partial charge in [0.15, 0.2) is 17.4 Å². The molecule has 14 heteroatoms. The number of ketones is 1. The van der Waals surface area contributed by atoms with Crippen LogP contribution in [0, 0.1) is 17.8 Å². The molecule has 14 nitrogen and oxygen atoms in total. The van der Waals surface area contributed by atoms with Crippen LogP contribution in [0.1, 0.15) is 138 Å². The van der Waals surface area contributed by atoms with Crippen LogP contribution in [0.4, 0.5) is 0 Å². The molecule has 342 valence electrons. The zero-order chi connectivity index (χ0) is 43.3. The molecule has 0 unspecified atom stereocenters. The third kappa shape index (κ3) is 8.14. The van der Waals surface area contributed by atoms with E-state index in [0.29, 0.717) is 44.9 Å². The first-order chi connectivity index (χ1) is 28.7. The van der Waals surface area contributed by atoms with Crippen molar-refractivity contribution in [2.75, 3.05) is 6.61 Å². The van der Waals surface area contributed by atoms with Gasteiger partial charge in [-0.15, -0.1) is 0 Å². The van der Waals surface area contributed by atoms with Crippen LogP contribution >= 0.6 is 0 Å². The molecule has 61 heavy (non-hydrogen) atoms. The molecule has 9 heterocycles. The van der Waals surface area contributed by atoms with Gasteiger partial charge in [0.25, 0.3) is 0 Å². The maximum absolute atomic E-state index is 14.1. The average Bonchev–Trinajstić information content (AvgIpc) is 4.02. The van der Waals surface area contributed by atoms with Gasteiger partial charge in [-0.25, -0.2) is 0 Å². The molecule has 0 aromatic carbocycles. The fourth-order valence-corrected chi connectivity index (χ4v) is 12.5. The first-order valence-electron chi connectivity index (χ1n) is 23.3. The molecule has 0 saturated carbocycles. The number of allylic oxidation sites excluding steroid dienone is 3. The Kier molecular flexibility index (Phi) is 11.6. The van der Waals surface area contributed by atoms with Gasteiger partial charge < -0.3 is 58.0 Å². The Labute approximate surface area is 360 Å². The Bertz CT molecular complexity index is 1750. The zero-order valence-corrected chi connectivity index (χ0v) is 37.2. The largest absolute Gasteiger partial charge is 0.459 e. The van der Waals surface area contributed by atoms with Gasteiger partial charge >= 0.3 is 5.97 Å². The summed E-state index contributed by atoms with van der Waals surface area (Å²) < 4.78 is 59.0. The number of aliphatic hydroxyl groups excluding tert-OH is 2. The van der Waals surface area contributed by atoms with Crippen molar-refractivity contribution >= 4 is 11.8 Å². The highest BCUT2D eigenvalue weighted by atomic mass is 16.8. The van der Waals surface area contributed by atoms with Crippen LogP contribution in [-0.2, 0) is 52.2 Å². The molecule has 9 rings (SSSR count). The van der Waals surface area contributed by atoms with Crippen molar-refractivity contribution in [2.24, 2.45) is 17.8 Å². The minimum Gasteiger partial charge on any atom is -0.459 e. The van der Waals surface area contributed by atoms with Crippen LogP contribution in [0.15, 0.2) is 23.8 Å². The highest BCUT2D eigenvalue weighted by Gasteiger charge is 2.65. The number of carbonyl (C=O) groups is 2. The van der Waals surface area contributed by atoms with Crippen LogP contribution in [0.3, 0.4) is 0 Å². The van der Waals surface area contributed by atoms with E-state index in [2.05, 4.69) is 26.8 Å². The van der Waals surface area contributed by atoms with E-state index in [0.717, 1.165) is 37.7 Å². The second-order valence-corrected chi connectivity index (χ2v) is 21.3. The Hall–Kier alpha value is -1.82. The number of fused-ring (bicyclic) bond motifs is 10. The molecule has 2 spiro atoms. The third-order valence-electron chi connectivity index (χ3n) is 15.9. The molecule has 0 aromatic heterocycles. The lowest BCUT2D eigenvalue weighted by Gasteiger charge is -2.47. The lowest BCUT2D eigenvalue weighted by atomic mass is 9.87. The Morgan fingerprint density at radius 2 is 1.54 bits per heavy atom. The Morgan fingerprint density at radius 3 is 2.34 bits per heavy atom. The summed E-state index contributed by atoms with van der Waals surface area (Å²) in [5.41, 5.74) is -1.17. The van der Waals surface area contributed by atoms with E-state index in [4.69, 9.17) is 42.6 Å². The molecule has 0 radical (unpaired) electrons. The van der Waals surface area contributed by atoms with Crippen molar-refractivity contribution in [3.05, 3.63) is 23.8 Å². The summed E-state index contributed by atoms with van der Waals surface area (Å²) in [7, 11) is 0. The summed E-state index contributed by atoms with van der Waals surface area (Å²) in [6.45, 7) is 14.1. The lowest BCUT2D eigenvalue weighted by Crippen LogP contribution is -2.59. The molecule has 10 bridgehead atoms. The van der Waals surface area contributed by atoms with Crippen LogP contribution in [0.5, 0.6) is 0 Å². The van der Waals surface area contributed by atoms with Gasteiger partial charge in [-0.2, -0.15) is 0 Å². The molecule has 9 aliphatic heterocycles. The fourth-order valence-electron chi connectivity index (χ4n) is 12.5. The fraction of sp³-hybridized carbons (Fsp3) is 0.872. The van der Waals surface area contributed by atoms with E-state index in [1.54, 1.807) is 13.8 Å². The van der Waals surface area contributed by atoms with E-state index < -0.39 is 101 Å². The van der Waals surface area contributed by atoms with Gasteiger partial charge in [-0.3, -0.25) is 9.59 Å². The van der Waals surface area contributed by atoms with E-state index in [-0.39, 0.29) is 43.2 Å². The Morgan fingerprint density at radius 1 is 0.754 bits per heavy atom. The monoisotopic (exact) mass is 858 g/mol. The summed E-state index contributed by atoms with van der Waals surface area (Å²) >= 11 is 0. The van der Waals surface area contributed by atoms with Crippen molar-refractivity contribution in [3.8, 4) is 0 Å². The predicted octanol–water partition coefficient (Wildman–Crippen LogP) is 5.25. The van der Waals surface area contributed by atoms with Gasteiger partial charge in [0.1, 0.15) is 48.3 Å². The average molecular weight is 859 g/mol. The highest BCUT2D eigenvalue weighted by Crippen LogP contribution is 2.55. The molecule has 0 amide bonds. The number of hydrogen-bond acceptors (Lipinski definition) is 14. The molecule has 19 atom stereocenters. The quantitative estimate of drug-likeness (QED) is 0.291. The van der Waals surface area contributed by atoms with Crippen LogP contribution in [0.25, 0.3) is 0 Å². The van der Waals surface area contributed by atoms with Gasteiger partial charge in [0.2, 0.25) is 5.79 Å². The van der Waals surface area contributed by atoms with Crippen LogP contribution in [-0.4, -0.2) is 129 Å². The van der Waals surface area contributed by atoms with Crippen molar-refractivity contribution in [1.82, 2.24) is 0 Å². The molecule has 9 aliphatic rings. The van der Waals surface area contributed by atoms with Crippen molar-refractivity contribution in [2.45, 2.75) is 234 Å². The smallest absolute Gasteiger partial charge is 0.311 e. The molecular formula is C47H70O14. The van der Waals surface area contributed by atoms with Gasteiger partial charge in [-0.05, 0) is 97.8 Å². The summed E-state index contributed by atoms with van der Waals surface area (Å²) in [4.78, 5) is 28.0. The third-order valence-corrected chi connectivity index (χ3v) is 15.9. The second kappa shape index (κ2) is 16.0. The maximum Gasteiger partial charge on any atom is 0.311 e. The van der Waals surface area contributed by atoms with Crippen molar-refractivity contribution < 1.29 is 67.5 Å². The second-order valence-electron chi connectivity index (χ2n) is 21.3. The van der Waals surface area contributed by atoms with Gasteiger partial charge in [-0.1, -0.05) is 37.6 Å². The summed E-state index contributed by atoms with van der Waals surface area (Å²) in [6, 6.07) is 0. The number of Topliss-reactive ketones (excluding diaryl/α,β-unsaturated/α-hetero) is 1. The molecule has 8 saturated heterocycles. The Balaban J connectivity index is 1.00. The topological polar surface area (TPSA) is 178 Å². The first-order valence-corrected chi connectivity index (χ1v) is 23.3. The van der Waals surface area contributed by atoms with Gasteiger partial charge in [0.05, 0.1) is 42.0 Å². The lowest BCUT2D eigenvalue weighted by molar-refractivity contribution is -0.359. The van der Waals surface area contributed by atoms with Crippen molar-refractivity contribution in [1.29, 1.82) is 0 Å². The highest BCUT2D eigenvalue weighted by molar-refractivity contribution is 5.86. The summed E-state index contributed by atoms with van der Waals surface area (Å²) in [5, 5.41) is 34.8.